The van der Waals surface area contributed by atoms with E-state index in [-0.39, 0.29) is 25.7 Å². The number of benzene rings is 1. The van der Waals surface area contributed by atoms with E-state index in [4.69, 9.17) is 21.7 Å². The number of aromatic amines is 1. The van der Waals surface area contributed by atoms with E-state index in [0.717, 1.165) is 10.9 Å². The predicted octanol–water partition coefficient (Wildman–Crippen LogP) is -2.30. The van der Waals surface area contributed by atoms with Crippen LogP contribution in [0.3, 0.4) is 0 Å². The molecule has 39 heavy (non-hydrogen) atoms. The molecule has 0 saturated heterocycles. The predicted molar refractivity (Wildman–Crippen MR) is 136 cm³/mol. The number of carboxylic acid groups (broad SMARTS) is 2. The molecule has 2 rings (SSSR count). The molecule has 0 aliphatic rings. The lowest BCUT2D eigenvalue weighted by atomic mass is 10.0. The quantitative estimate of drug-likeness (QED) is 0.108. The number of nitrogens with two attached hydrogens (primary N) is 2. The molecular weight excluding hydrogens is 516 g/mol. The van der Waals surface area contributed by atoms with Crippen LogP contribution < -0.4 is 27.4 Å². The summed E-state index contributed by atoms with van der Waals surface area (Å²) in [6.07, 6.45) is 0.0248. The summed E-state index contributed by atoms with van der Waals surface area (Å²) in [5.74, 6) is -6.19. The Hall–Kier alpha value is -4.50. The number of aliphatic hydroxyl groups excluding tert-OH is 1. The molecule has 0 radical (unpaired) electrons. The number of primary amides is 1. The van der Waals surface area contributed by atoms with Crippen LogP contribution in [0.5, 0.6) is 0 Å². The Labute approximate surface area is 222 Å². The van der Waals surface area contributed by atoms with E-state index >= 15 is 0 Å². The smallest absolute Gasteiger partial charge is 0.326 e. The van der Waals surface area contributed by atoms with Gasteiger partial charge in [-0.1, -0.05) is 18.2 Å². The molecule has 0 saturated carbocycles. The molecule has 0 bridgehead atoms. The molecule has 0 spiro atoms. The third-order valence-corrected chi connectivity index (χ3v) is 5.84. The summed E-state index contributed by atoms with van der Waals surface area (Å²) in [7, 11) is 0. The van der Waals surface area contributed by atoms with Gasteiger partial charge in [0.05, 0.1) is 6.61 Å². The first-order chi connectivity index (χ1) is 18.4. The number of hydrogen-bond acceptors (Lipinski definition) is 8. The second-order valence-electron chi connectivity index (χ2n) is 8.81. The molecule has 212 valence electrons. The van der Waals surface area contributed by atoms with E-state index in [1.807, 2.05) is 0 Å². The fraction of sp³-hybridized carbons (Fsp3) is 0.417. The van der Waals surface area contributed by atoms with Crippen molar-refractivity contribution in [2.75, 3.05) is 6.61 Å². The van der Waals surface area contributed by atoms with Crippen molar-refractivity contribution in [1.29, 1.82) is 0 Å². The van der Waals surface area contributed by atoms with Gasteiger partial charge in [-0.2, -0.15) is 0 Å². The van der Waals surface area contributed by atoms with Crippen LogP contribution in [0.15, 0.2) is 30.5 Å². The van der Waals surface area contributed by atoms with Gasteiger partial charge in [0.2, 0.25) is 23.6 Å². The molecule has 4 amide bonds. The summed E-state index contributed by atoms with van der Waals surface area (Å²) in [6, 6.07) is 1.44. The third-order valence-electron chi connectivity index (χ3n) is 5.84. The number of H-pyrrole nitrogens is 1. The fourth-order valence-electron chi connectivity index (χ4n) is 3.72. The van der Waals surface area contributed by atoms with Gasteiger partial charge in [-0.05, 0) is 24.5 Å². The van der Waals surface area contributed by atoms with Crippen LogP contribution >= 0.6 is 0 Å². The van der Waals surface area contributed by atoms with Crippen LogP contribution in [0.25, 0.3) is 10.9 Å². The van der Waals surface area contributed by atoms with Crippen molar-refractivity contribution in [2.45, 2.75) is 56.3 Å². The summed E-state index contributed by atoms with van der Waals surface area (Å²) >= 11 is 0. The summed E-state index contributed by atoms with van der Waals surface area (Å²) in [4.78, 5) is 75.5. The van der Waals surface area contributed by atoms with Crippen LogP contribution in [0, 0.1) is 0 Å². The molecule has 0 aliphatic heterocycles. The second kappa shape index (κ2) is 14.4. The van der Waals surface area contributed by atoms with E-state index in [1.54, 1.807) is 30.5 Å². The van der Waals surface area contributed by atoms with Gasteiger partial charge in [0, 0.05) is 36.4 Å². The van der Waals surface area contributed by atoms with Crippen molar-refractivity contribution in [1.82, 2.24) is 20.9 Å². The average molecular weight is 549 g/mol. The lowest BCUT2D eigenvalue weighted by molar-refractivity contribution is -0.142. The Morgan fingerprint density at radius 2 is 1.44 bits per heavy atom. The van der Waals surface area contributed by atoms with Gasteiger partial charge in [-0.25, -0.2) is 4.79 Å². The number of para-hydroxylation sites is 1. The van der Waals surface area contributed by atoms with Crippen LogP contribution in [-0.2, 0) is 35.2 Å². The molecular formula is C24H32N6O9. The minimum absolute atomic E-state index is 0.112. The lowest BCUT2D eigenvalue weighted by Crippen LogP contribution is -2.58. The minimum atomic E-state index is -1.49. The van der Waals surface area contributed by atoms with E-state index in [2.05, 4.69) is 20.9 Å². The van der Waals surface area contributed by atoms with Gasteiger partial charge in [0.1, 0.15) is 24.2 Å². The van der Waals surface area contributed by atoms with Gasteiger partial charge >= 0.3 is 11.9 Å². The summed E-state index contributed by atoms with van der Waals surface area (Å²) < 4.78 is 0. The van der Waals surface area contributed by atoms with Crippen LogP contribution in [0.2, 0.25) is 0 Å². The lowest BCUT2D eigenvalue weighted by Gasteiger charge is -2.25. The van der Waals surface area contributed by atoms with Gasteiger partial charge < -0.3 is 47.7 Å². The van der Waals surface area contributed by atoms with Gasteiger partial charge in [-0.3, -0.25) is 24.0 Å². The summed E-state index contributed by atoms with van der Waals surface area (Å²) in [5, 5.41) is 35.4. The van der Waals surface area contributed by atoms with Crippen LogP contribution in [0.1, 0.15) is 31.2 Å². The van der Waals surface area contributed by atoms with Gasteiger partial charge in [0.25, 0.3) is 0 Å². The van der Waals surface area contributed by atoms with Crippen molar-refractivity contribution < 1.29 is 44.1 Å². The highest BCUT2D eigenvalue weighted by atomic mass is 16.4. The molecule has 11 N–H and O–H groups in total. The molecule has 15 nitrogen and oxygen atoms in total. The van der Waals surface area contributed by atoms with Crippen LogP contribution in [-0.4, -0.2) is 86.6 Å². The SMILES string of the molecule is NC(=O)CCC(NC(=O)C(Cc1c[nH]c2ccccc12)NC(=O)C(CCC(=O)O)NC(=O)C(N)CO)C(=O)O. The summed E-state index contributed by atoms with van der Waals surface area (Å²) in [6.45, 7) is -0.730. The van der Waals surface area contributed by atoms with E-state index in [0.29, 0.717) is 5.56 Å². The maximum Gasteiger partial charge on any atom is 0.326 e. The number of amides is 4. The second-order valence-corrected chi connectivity index (χ2v) is 8.81. The normalized spacial score (nSPS) is 14.0. The first kappa shape index (κ1) is 30.7. The van der Waals surface area contributed by atoms with Crippen molar-refractivity contribution in [2.24, 2.45) is 11.5 Å². The monoisotopic (exact) mass is 548 g/mol. The zero-order chi connectivity index (χ0) is 29.1. The Bertz CT molecular complexity index is 1210. The first-order valence-corrected chi connectivity index (χ1v) is 12.0. The number of aliphatic hydroxyl groups is 1. The molecule has 1 aromatic carbocycles. The molecule has 0 aliphatic carbocycles. The molecule has 1 aromatic heterocycles. The summed E-state index contributed by atoms with van der Waals surface area (Å²) in [5.41, 5.74) is 11.9. The Morgan fingerprint density at radius 1 is 0.846 bits per heavy atom. The molecule has 4 atom stereocenters. The zero-order valence-electron chi connectivity index (χ0n) is 20.9. The van der Waals surface area contributed by atoms with Crippen molar-refractivity contribution in [3.05, 3.63) is 36.0 Å². The number of aromatic nitrogens is 1. The van der Waals surface area contributed by atoms with Gasteiger partial charge in [-0.15, -0.1) is 0 Å². The number of rotatable bonds is 16. The average Bonchev–Trinajstić information content (AvgIpc) is 3.29. The van der Waals surface area contributed by atoms with Crippen molar-refractivity contribution >= 4 is 46.5 Å². The number of carbonyl (C=O) groups is 6. The molecule has 4 unspecified atom stereocenters. The number of carboxylic acids is 2. The number of fused-ring (bicyclic) bond motifs is 1. The van der Waals surface area contributed by atoms with Gasteiger partial charge in [0.15, 0.2) is 0 Å². The minimum Gasteiger partial charge on any atom is -0.481 e. The maximum atomic E-state index is 13.2. The Balaban J connectivity index is 2.33. The zero-order valence-corrected chi connectivity index (χ0v) is 20.9. The fourth-order valence-corrected chi connectivity index (χ4v) is 3.72. The molecule has 0 fully saturated rings. The highest BCUT2D eigenvalue weighted by Gasteiger charge is 2.31. The highest BCUT2D eigenvalue weighted by molar-refractivity contribution is 5.95. The first-order valence-electron chi connectivity index (χ1n) is 12.0. The van der Waals surface area contributed by atoms with Crippen LogP contribution in [0.4, 0.5) is 0 Å². The maximum absolute atomic E-state index is 13.2. The van der Waals surface area contributed by atoms with Crippen molar-refractivity contribution in [3.63, 3.8) is 0 Å². The molecule has 15 heteroatoms. The third kappa shape index (κ3) is 9.39. The number of hydrogen-bond donors (Lipinski definition) is 9. The molecule has 2 aromatic rings. The largest absolute Gasteiger partial charge is 0.481 e. The number of aliphatic carboxylic acids is 2. The van der Waals surface area contributed by atoms with E-state index in [1.165, 1.54) is 0 Å². The van der Waals surface area contributed by atoms with Crippen molar-refractivity contribution in [3.8, 4) is 0 Å². The standard InChI is InChI=1S/C24H32N6O9/c25-14(11-31)21(35)28-16(6-8-20(33)34)22(36)30-18(9-12-10-27-15-4-2-1-3-13(12)15)23(37)29-17(24(38)39)5-7-19(26)32/h1-4,10,14,16-18,27,31H,5-9,11,25H2,(H2,26,32)(H,28,35)(H,29,37)(H,30,36)(H,33,34)(H,38,39). The Morgan fingerprint density at radius 3 is 2.05 bits per heavy atom. The van der Waals surface area contributed by atoms with E-state index < -0.39 is 72.8 Å². The van der Waals surface area contributed by atoms with E-state index in [9.17, 15) is 33.9 Å². The number of carbonyl (C=O) groups excluding carboxylic acids is 4. The Kier molecular flexibility index (Phi) is 11.4. The topological polar surface area (TPSA) is 267 Å². The molecule has 1 heterocycles. The highest BCUT2D eigenvalue weighted by Crippen LogP contribution is 2.19. The number of nitrogens with one attached hydrogen (secondary N) is 4.